The number of imide groups is 1. The Bertz CT molecular complexity index is 1030. The lowest BCUT2D eigenvalue weighted by atomic mass is 10.0. The molecule has 4 amide bonds. The molecule has 10 nitrogen and oxygen atoms in total. The number of halogens is 3. The summed E-state index contributed by atoms with van der Waals surface area (Å²) >= 11 is 0. The number of hydrogen-bond acceptors (Lipinski definition) is 7. The van der Waals surface area contributed by atoms with E-state index in [1.165, 1.54) is 23.1 Å². The van der Waals surface area contributed by atoms with Gasteiger partial charge in [0.15, 0.2) is 6.10 Å². The molecule has 0 aliphatic carbocycles. The van der Waals surface area contributed by atoms with Crippen molar-refractivity contribution in [1.82, 2.24) is 10.2 Å². The lowest BCUT2D eigenvalue weighted by Crippen LogP contribution is -2.52. The fourth-order valence-corrected chi connectivity index (χ4v) is 4.01. The van der Waals surface area contributed by atoms with Gasteiger partial charge in [0.2, 0.25) is 11.8 Å². The van der Waals surface area contributed by atoms with Crippen LogP contribution >= 0.6 is 0 Å². The minimum absolute atomic E-state index is 0.0552. The Kier molecular flexibility index (Phi) is 8.10. The summed E-state index contributed by atoms with van der Waals surface area (Å²) in [5, 5.41) is 4.65. The number of anilines is 1. The number of nitrogens with two attached hydrogens (primary N) is 1. The number of piperidine rings is 1. The summed E-state index contributed by atoms with van der Waals surface area (Å²) in [6.07, 6.45) is -5.49. The number of rotatable bonds is 9. The molecule has 4 N–H and O–H groups in total. The largest absolute Gasteiger partial charge is 0.490 e. The van der Waals surface area contributed by atoms with Crippen LogP contribution in [0.3, 0.4) is 0 Å². The van der Waals surface area contributed by atoms with Crippen LogP contribution in [0.4, 0.5) is 18.9 Å². The van der Waals surface area contributed by atoms with E-state index in [1.54, 1.807) is 0 Å². The van der Waals surface area contributed by atoms with Crippen molar-refractivity contribution in [1.29, 1.82) is 0 Å². The van der Waals surface area contributed by atoms with Crippen molar-refractivity contribution < 1.29 is 41.9 Å². The normalized spacial score (nSPS) is 18.7. The SMILES string of the molecule is NCCCCCC(OC(=O)C(F)(F)F)C(=O)Nc1cccc2c1CN(C1CCC(=O)NC1=O)C2=O. The molecule has 1 aromatic carbocycles. The molecule has 1 saturated heterocycles. The average molecular weight is 498 g/mol. The maximum absolute atomic E-state index is 12.9. The number of nitrogens with one attached hydrogen (secondary N) is 2. The summed E-state index contributed by atoms with van der Waals surface area (Å²) in [7, 11) is 0. The Balaban J connectivity index is 1.76. The number of nitrogens with zero attached hydrogens (tertiary/aromatic N) is 1. The Morgan fingerprint density at radius 1 is 1.20 bits per heavy atom. The number of unbranched alkanes of at least 4 members (excludes halogenated alkanes) is 2. The van der Waals surface area contributed by atoms with Gasteiger partial charge in [0.25, 0.3) is 11.8 Å². The lowest BCUT2D eigenvalue weighted by Gasteiger charge is -2.29. The molecule has 1 aromatic rings. The molecule has 0 spiro atoms. The van der Waals surface area contributed by atoms with Crippen molar-refractivity contribution in [2.75, 3.05) is 11.9 Å². The zero-order valence-electron chi connectivity index (χ0n) is 18.7. The summed E-state index contributed by atoms with van der Waals surface area (Å²) in [5.74, 6) is -4.98. The number of carbonyl (C=O) groups excluding carboxylic acids is 5. The molecule has 3 rings (SSSR count). The number of carbonyl (C=O) groups is 5. The molecule has 2 aliphatic rings. The summed E-state index contributed by atoms with van der Waals surface area (Å²) in [5.41, 5.74) is 6.11. The van der Waals surface area contributed by atoms with Crippen molar-refractivity contribution in [2.45, 2.75) is 63.4 Å². The molecule has 2 aliphatic heterocycles. The van der Waals surface area contributed by atoms with Crippen LogP contribution < -0.4 is 16.4 Å². The molecule has 0 bridgehead atoms. The third-order valence-corrected chi connectivity index (χ3v) is 5.78. The smallest absolute Gasteiger partial charge is 0.446 e. The minimum Gasteiger partial charge on any atom is -0.446 e. The van der Waals surface area contributed by atoms with Crippen LogP contribution in [0.1, 0.15) is 54.4 Å². The summed E-state index contributed by atoms with van der Waals surface area (Å²) in [6.45, 7) is 0.313. The van der Waals surface area contributed by atoms with Gasteiger partial charge in [0, 0.05) is 29.8 Å². The van der Waals surface area contributed by atoms with Gasteiger partial charge in [-0.25, -0.2) is 4.79 Å². The van der Waals surface area contributed by atoms with Gasteiger partial charge < -0.3 is 20.7 Å². The molecule has 13 heteroatoms. The number of alkyl halides is 3. The predicted octanol–water partition coefficient (Wildman–Crippen LogP) is 1.38. The number of benzene rings is 1. The van der Waals surface area contributed by atoms with Crippen LogP contribution in [-0.4, -0.2) is 59.4 Å². The lowest BCUT2D eigenvalue weighted by molar-refractivity contribution is -0.205. The number of fused-ring (bicyclic) bond motifs is 1. The van der Waals surface area contributed by atoms with Crippen LogP contribution in [0.5, 0.6) is 0 Å². The molecule has 2 unspecified atom stereocenters. The number of esters is 1. The van der Waals surface area contributed by atoms with E-state index in [4.69, 9.17) is 5.73 Å². The predicted molar refractivity (Wildman–Crippen MR) is 115 cm³/mol. The van der Waals surface area contributed by atoms with Crippen LogP contribution in [0.15, 0.2) is 18.2 Å². The minimum atomic E-state index is -5.27. The molecule has 2 atom stereocenters. The van der Waals surface area contributed by atoms with E-state index in [9.17, 15) is 37.1 Å². The van der Waals surface area contributed by atoms with Gasteiger partial charge in [-0.3, -0.25) is 24.5 Å². The Morgan fingerprint density at radius 2 is 1.94 bits per heavy atom. The summed E-state index contributed by atoms with van der Waals surface area (Å²) < 4.78 is 42.6. The second kappa shape index (κ2) is 10.8. The molecule has 1 fully saturated rings. The maximum atomic E-state index is 12.9. The fourth-order valence-electron chi connectivity index (χ4n) is 4.01. The van der Waals surface area contributed by atoms with E-state index in [1.807, 2.05) is 0 Å². The summed E-state index contributed by atoms with van der Waals surface area (Å²) in [6, 6.07) is 3.54. The summed E-state index contributed by atoms with van der Waals surface area (Å²) in [4.78, 5) is 62.0. The molecule has 35 heavy (non-hydrogen) atoms. The molecule has 190 valence electrons. The third kappa shape index (κ3) is 6.15. The van der Waals surface area contributed by atoms with Crippen molar-refractivity contribution in [2.24, 2.45) is 5.73 Å². The fraction of sp³-hybridized carbons (Fsp3) is 0.500. The standard InChI is InChI=1S/C22H25F3N4O6/c23-22(24,25)21(34)35-16(7-2-1-3-10-26)19(32)27-14-6-4-5-12-13(14)11-29(20(12)33)15-8-9-17(30)28-18(15)31/h4-6,15-16H,1-3,7-11,26H2,(H,27,32)(H,28,30,31). The van der Waals surface area contributed by atoms with Crippen molar-refractivity contribution in [3.63, 3.8) is 0 Å². The van der Waals surface area contributed by atoms with Crippen LogP contribution in [0, 0.1) is 0 Å². The van der Waals surface area contributed by atoms with Crippen molar-refractivity contribution in [3.05, 3.63) is 29.3 Å². The van der Waals surface area contributed by atoms with Crippen molar-refractivity contribution in [3.8, 4) is 0 Å². The Morgan fingerprint density at radius 3 is 2.60 bits per heavy atom. The van der Waals surface area contributed by atoms with Gasteiger partial charge in [-0.1, -0.05) is 12.5 Å². The zero-order valence-corrected chi connectivity index (χ0v) is 18.7. The second-order valence-corrected chi connectivity index (χ2v) is 8.25. The van der Waals surface area contributed by atoms with Crippen LogP contribution in [-0.2, 0) is 30.5 Å². The molecule has 0 radical (unpaired) electrons. The van der Waals surface area contributed by atoms with E-state index in [-0.39, 0.29) is 37.1 Å². The molecule has 0 saturated carbocycles. The van der Waals surface area contributed by atoms with Crippen molar-refractivity contribution >= 4 is 35.3 Å². The van der Waals surface area contributed by atoms with Crippen LogP contribution in [0.25, 0.3) is 0 Å². The quantitative estimate of drug-likeness (QED) is 0.265. The van der Waals surface area contributed by atoms with Gasteiger partial charge in [0.05, 0.1) is 0 Å². The first-order valence-electron chi connectivity index (χ1n) is 11.1. The van der Waals surface area contributed by atoms with Gasteiger partial charge in [0.1, 0.15) is 6.04 Å². The average Bonchev–Trinajstić information content (AvgIpc) is 3.12. The van der Waals surface area contributed by atoms with E-state index in [0.29, 0.717) is 31.4 Å². The van der Waals surface area contributed by atoms with Gasteiger partial charge in [-0.2, -0.15) is 13.2 Å². The highest BCUT2D eigenvalue weighted by molar-refractivity contribution is 6.07. The van der Waals surface area contributed by atoms with E-state index >= 15 is 0 Å². The maximum Gasteiger partial charge on any atom is 0.490 e. The first kappa shape index (κ1) is 26.1. The molecular weight excluding hydrogens is 473 g/mol. The monoisotopic (exact) mass is 498 g/mol. The Hall–Kier alpha value is -3.48. The number of amides is 4. The van der Waals surface area contributed by atoms with Gasteiger partial charge in [-0.05, 0) is 44.4 Å². The van der Waals surface area contributed by atoms with E-state index in [0.717, 1.165) is 0 Å². The second-order valence-electron chi connectivity index (χ2n) is 8.25. The van der Waals surface area contributed by atoms with Gasteiger partial charge >= 0.3 is 12.1 Å². The molecule has 0 aromatic heterocycles. The highest BCUT2D eigenvalue weighted by Crippen LogP contribution is 2.32. The topological polar surface area (TPSA) is 148 Å². The van der Waals surface area contributed by atoms with Crippen LogP contribution in [0.2, 0.25) is 0 Å². The zero-order chi connectivity index (χ0) is 25.8. The highest BCUT2D eigenvalue weighted by atomic mass is 19.4. The first-order chi connectivity index (χ1) is 16.5. The highest BCUT2D eigenvalue weighted by Gasteiger charge is 2.44. The Labute approximate surface area is 198 Å². The number of ether oxygens (including phenoxy) is 1. The molecule has 2 heterocycles. The molecular formula is C22H25F3N4O6. The number of hydrogen-bond donors (Lipinski definition) is 3. The van der Waals surface area contributed by atoms with Gasteiger partial charge in [-0.15, -0.1) is 0 Å². The van der Waals surface area contributed by atoms with E-state index < -0.39 is 47.9 Å². The third-order valence-electron chi connectivity index (χ3n) is 5.78. The van der Waals surface area contributed by atoms with E-state index in [2.05, 4.69) is 15.4 Å². The first-order valence-corrected chi connectivity index (χ1v) is 11.1.